The fraction of sp³-hybridized carbons (Fsp3) is 0.273. The quantitative estimate of drug-likeness (QED) is 0.723. The van der Waals surface area contributed by atoms with Crippen LogP contribution in [-0.4, -0.2) is 11.9 Å². The van der Waals surface area contributed by atoms with Crippen LogP contribution < -0.4 is 5.32 Å². The summed E-state index contributed by atoms with van der Waals surface area (Å²) in [5, 5.41) is 2.90. The molecule has 0 saturated heterocycles. The summed E-state index contributed by atoms with van der Waals surface area (Å²) in [6.07, 6.45) is 2.21. The first-order valence-electron chi connectivity index (χ1n) is 4.42. The fourth-order valence-electron chi connectivity index (χ4n) is 1.18. The van der Waals surface area contributed by atoms with Gasteiger partial charge in [-0.25, -0.2) is 0 Å². The van der Waals surface area contributed by atoms with E-state index in [2.05, 4.69) is 5.32 Å². The van der Waals surface area contributed by atoms with Crippen molar-refractivity contribution in [3.63, 3.8) is 0 Å². The van der Waals surface area contributed by atoms with Gasteiger partial charge >= 0.3 is 0 Å². The number of nitrogens with one attached hydrogen (secondary N) is 1. The third-order valence-corrected chi connectivity index (χ3v) is 2.06. The molecular formula is C11H11NO. The molecule has 2 rings (SSSR count). The molecule has 1 aliphatic rings. The van der Waals surface area contributed by atoms with Crippen molar-refractivity contribution in [1.82, 2.24) is 5.32 Å². The van der Waals surface area contributed by atoms with Crippen molar-refractivity contribution >= 4 is 5.91 Å². The van der Waals surface area contributed by atoms with Gasteiger partial charge in [0.2, 0.25) is 0 Å². The Bertz CT molecular complexity index is 329. The van der Waals surface area contributed by atoms with Gasteiger partial charge < -0.3 is 5.32 Å². The molecule has 0 unspecified atom stereocenters. The van der Waals surface area contributed by atoms with E-state index in [4.69, 9.17) is 6.92 Å². The Kier molecular flexibility index (Phi) is 2.05. The molecule has 1 aromatic carbocycles. The Morgan fingerprint density at radius 2 is 2.23 bits per heavy atom. The molecule has 1 amide bonds. The third-order valence-electron chi connectivity index (χ3n) is 2.06. The molecule has 0 heterocycles. The van der Waals surface area contributed by atoms with Crippen LogP contribution in [0.25, 0.3) is 0 Å². The monoisotopic (exact) mass is 173 g/mol. The zero-order valence-electron chi connectivity index (χ0n) is 7.29. The number of carbonyl (C=O) groups excluding carboxylic acids is 1. The van der Waals surface area contributed by atoms with E-state index in [1.807, 2.05) is 0 Å². The molecule has 2 heteroatoms. The standard InChI is InChI=1S/C11H11NO/c1-8-3-2-4-9(7-8)11(13)12-10-5-6-10/h1-4,7,10H,5-6H2,(H,12,13). The average Bonchev–Trinajstić information content (AvgIpc) is 2.88. The number of amides is 1. The second-order valence-corrected chi connectivity index (χ2v) is 3.37. The van der Waals surface area contributed by atoms with Gasteiger partial charge in [0.15, 0.2) is 0 Å². The van der Waals surface area contributed by atoms with Gasteiger partial charge in [-0.1, -0.05) is 12.1 Å². The summed E-state index contributed by atoms with van der Waals surface area (Å²) in [4.78, 5) is 11.5. The highest BCUT2D eigenvalue weighted by molar-refractivity contribution is 5.94. The van der Waals surface area contributed by atoms with Crippen LogP contribution in [0.5, 0.6) is 0 Å². The van der Waals surface area contributed by atoms with Crippen LogP contribution in [0.3, 0.4) is 0 Å². The maximum Gasteiger partial charge on any atom is 0.251 e. The van der Waals surface area contributed by atoms with Crippen molar-refractivity contribution < 1.29 is 4.79 Å². The van der Waals surface area contributed by atoms with Gasteiger partial charge in [-0.05, 0) is 37.5 Å². The highest BCUT2D eigenvalue weighted by Crippen LogP contribution is 2.19. The van der Waals surface area contributed by atoms with Crippen molar-refractivity contribution in [1.29, 1.82) is 0 Å². The van der Waals surface area contributed by atoms with E-state index in [9.17, 15) is 4.79 Å². The Morgan fingerprint density at radius 3 is 2.85 bits per heavy atom. The number of hydrogen-bond donors (Lipinski definition) is 1. The molecule has 0 aromatic heterocycles. The van der Waals surface area contributed by atoms with E-state index in [-0.39, 0.29) is 5.91 Å². The van der Waals surface area contributed by atoms with Crippen molar-refractivity contribution in [3.8, 4) is 0 Å². The highest BCUT2D eigenvalue weighted by atomic mass is 16.1. The van der Waals surface area contributed by atoms with Crippen LogP contribution >= 0.6 is 0 Å². The molecule has 1 saturated carbocycles. The lowest BCUT2D eigenvalue weighted by atomic mass is 10.1. The van der Waals surface area contributed by atoms with Crippen LogP contribution in [0.4, 0.5) is 0 Å². The molecule has 1 N–H and O–H groups in total. The molecule has 66 valence electrons. The molecule has 0 aliphatic heterocycles. The Hall–Kier alpha value is -1.31. The van der Waals surface area contributed by atoms with E-state index >= 15 is 0 Å². The van der Waals surface area contributed by atoms with Gasteiger partial charge in [0, 0.05) is 11.6 Å². The second-order valence-electron chi connectivity index (χ2n) is 3.37. The van der Waals surface area contributed by atoms with Gasteiger partial charge in [-0.3, -0.25) is 4.79 Å². The summed E-state index contributed by atoms with van der Waals surface area (Å²) in [5.41, 5.74) is 1.27. The van der Waals surface area contributed by atoms with Gasteiger partial charge in [0.25, 0.3) is 5.91 Å². The summed E-state index contributed by atoms with van der Waals surface area (Å²) < 4.78 is 0. The summed E-state index contributed by atoms with van der Waals surface area (Å²) in [6.45, 7) is 5.56. The van der Waals surface area contributed by atoms with Gasteiger partial charge in [-0.15, -0.1) is 0 Å². The van der Waals surface area contributed by atoms with Gasteiger partial charge in [0.05, 0.1) is 0 Å². The molecular weight excluding hydrogens is 162 g/mol. The molecule has 1 aliphatic carbocycles. The predicted octanol–water partition coefficient (Wildman–Crippen LogP) is 1.64. The lowest BCUT2D eigenvalue weighted by Gasteiger charge is -2.03. The number of benzene rings is 1. The molecule has 0 bridgehead atoms. The minimum atomic E-state index is -0.0187. The van der Waals surface area contributed by atoms with E-state index in [1.54, 1.807) is 24.3 Å². The highest BCUT2D eigenvalue weighted by Gasteiger charge is 2.23. The van der Waals surface area contributed by atoms with E-state index in [0.29, 0.717) is 17.2 Å². The Labute approximate surface area is 78.0 Å². The third kappa shape index (κ3) is 2.08. The van der Waals surface area contributed by atoms with Crippen LogP contribution in [0, 0.1) is 6.92 Å². The van der Waals surface area contributed by atoms with E-state index < -0.39 is 0 Å². The maximum absolute atomic E-state index is 11.5. The molecule has 0 spiro atoms. The minimum absolute atomic E-state index is 0.0187. The fourth-order valence-corrected chi connectivity index (χ4v) is 1.18. The zero-order chi connectivity index (χ0) is 9.26. The molecule has 2 nitrogen and oxygen atoms in total. The van der Waals surface area contributed by atoms with E-state index in [0.717, 1.165) is 12.8 Å². The molecule has 13 heavy (non-hydrogen) atoms. The predicted molar refractivity (Wildman–Crippen MR) is 50.3 cm³/mol. The first-order chi connectivity index (χ1) is 6.25. The van der Waals surface area contributed by atoms with Crippen LogP contribution in [0.1, 0.15) is 28.8 Å². The summed E-state index contributed by atoms with van der Waals surface area (Å²) in [5.74, 6) is -0.0187. The topological polar surface area (TPSA) is 29.1 Å². The van der Waals surface area contributed by atoms with Crippen molar-refractivity contribution in [2.45, 2.75) is 18.9 Å². The number of hydrogen-bond acceptors (Lipinski definition) is 1. The van der Waals surface area contributed by atoms with Crippen molar-refractivity contribution in [2.24, 2.45) is 0 Å². The Balaban J connectivity index is 2.09. The lowest BCUT2D eigenvalue weighted by Crippen LogP contribution is -2.25. The van der Waals surface area contributed by atoms with E-state index in [1.165, 1.54) is 0 Å². The van der Waals surface area contributed by atoms with Crippen LogP contribution in [-0.2, 0) is 0 Å². The summed E-state index contributed by atoms with van der Waals surface area (Å²) in [7, 11) is 0. The summed E-state index contributed by atoms with van der Waals surface area (Å²) in [6, 6.07) is 7.42. The molecule has 0 atom stereocenters. The largest absolute Gasteiger partial charge is 0.349 e. The van der Waals surface area contributed by atoms with Crippen molar-refractivity contribution in [2.75, 3.05) is 0 Å². The molecule has 1 fully saturated rings. The van der Waals surface area contributed by atoms with Gasteiger partial charge in [-0.2, -0.15) is 0 Å². The molecule has 2 radical (unpaired) electrons. The van der Waals surface area contributed by atoms with Crippen LogP contribution in [0.15, 0.2) is 24.3 Å². The number of rotatable bonds is 2. The maximum atomic E-state index is 11.5. The van der Waals surface area contributed by atoms with Crippen molar-refractivity contribution in [3.05, 3.63) is 42.3 Å². The number of carbonyl (C=O) groups is 1. The first kappa shape index (κ1) is 8.30. The molecule has 1 aromatic rings. The SMILES string of the molecule is [CH]c1cccc(C(=O)NC2CC2)c1. The average molecular weight is 173 g/mol. The zero-order valence-corrected chi connectivity index (χ0v) is 7.29. The first-order valence-corrected chi connectivity index (χ1v) is 4.42. The van der Waals surface area contributed by atoms with Gasteiger partial charge in [0.1, 0.15) is 0 Å². The minimum Gasteiger partial charge on any atom is -0.349 e. The Morgan fingerprint density at radius 1 is 1.46 bits per heavy atom. The smallest absolute Gasteiger partial charge is 0.251 e. The second kappa shape index (κ2) is 3.21. The summed E-state index contributed by atoms with van der Waals surface area (Å²) >= 11 is 0. The lowest BCUT2D eigenvalue weighted by molar-refractivity contribution is 0.0951. The normalized spacial score (nSPS) is 15.5. The van der Waals surface area contributed by atoms with Crippen LogP contribution in [0.2, 0.25) is 0 Å².